The third-order valence-electron chi connectivity index (χ3n) is 4.75. The zero-order valence-corrected chi connectivity index (χ0v) is 15.2. The molecule has 132 valence electrons. The molecule has 0 aliphatic carbocycles. The highest BCUT2D eigenvalue weighted by atomic mass is 16.5. The quantitative estimate of drug-likeness (QED) is 0.897. The van der Waals surface area contributed by atoms with Crippen molar-refractivity contribution in [1.29, 1.82) is 0 Å². The first-order valence-corrected chi connectivity index (χ1v) is 8.59. The molecule has 1 heterocycles. The minimum atomic E-state index is -0.572. The highest BCUT2D eigenvalue weighted by Crippen LogP contribution is 2.37. The molecule has 0 spiro atoms. The van der Waals surface area contributed by atoms with E-state index < -0.39 is 6.10 Å². The van der Waals surface area contributed by atoms with Crippen molar-refractivity contribution in [3.8, 4) is 5.75 Å². The number of hydrogen-bond donors (Lipinski definition) is 1. The van der Waals surface area contributed by atoms with Crippen LogP contribution in [0.4, 0.5) is 5.69 Å². The number of nitrogens with zero attached hydrogens (tertiary/aromatic N) is 1. The van der Waals surface area contributed by atoms with E-state index in [2.05, 4.69) is 20.8 Å². The minimum absolute atomic E-state index is 0.0428. The van der Waals surface area contributed by atoms with Crippen LogP contribution in [-0.4, -0.2) is 24.7 Å². The molecule has 0 saturated carbocycles. The molecule has 2 aromatic rings. The number of methoxy groups -OCH3 is 1. The lowest BCUT2D eigenvalue weighted by molar-refractivity contribution is 0.0970. The summed E-state index contributed by atoms with van der Waals surface area (Å²) in [5.41, 5.74) is 3.41. The van der Waals surface area contributed by atoms with Crippen molar-refractivity contribution >= 4 is 11.6 Å². The average molecular weight is 339 g/mol. The number of amides is 1. The first-order valence-electron chi connectivity index (χ1n) is 8.59. The molecule has 1 unspecified atom stereocenters. The Hall–Kier alpha value is -2.33. The van der Waals surface area contributed by atoms with Crippen LogP contribution in [0.25, 0.3) is 0 Å². The molecule has 25 heavy (non-hydrogen) atoms. The van der Waals surface area contributed by atoms with Gasteiger partial charge in [-0.15, -0.1) is 0 Å². The summed E-state index contributed by atoms with van der Waals surface area (Å²) in [5.74, 6) is 0.639. The summed E-state index contributed by atoms with van der Waals surface area (Å²) in [6.45, 7) is 6.96. The summed E-state index contributed by atoms with van der Waals surface area (Å²) >= 11 is 0. The van der Waals surface area contributed by atoms with Gasteiger partial charge in [-0.2, -0.15) is 0 Å². The maximum Gasteiger partial charge on any atom is 0.258 e. The van der Waals surface area contributed by atoms with Crippen LogP contribution in [0.1, 0.15) is 54.8 Å². The zero-order chi connectivity index (χ0) is 18.2. The maximum absolute atomic E-state index is 13.0. The van der Waals surface area contributed by atoms with Crippen LogP contribution in [0.5, 0.6) is 5.75 Å². The van der Waals surface area contributed by atoms with Gasteiger partial charge in [-0.1, -0.05) is 32.9 Å². The highest BCUT2D eigenvalue weighted by molar-refractivity contribution is 6.06. The van der Waals surface area contributed by atoms with E-state index in [9.17, 15) is 9.90 Å². The predicted octanol–water partition coefficient (Wildman–Crippen LogP) is 4.08. The van der Waals surface area contributed by atoms with Crippen LogP contribution in [-0.2, 0) is 5.41 Å². The lowest BCUT2D eigenvalue weighted by Gasteiger charge is -2.32. The lowest BCUT2D eigenvalue weighted by Crippen LogP contribution is -2.36. The van der Waals surface area contributed by atoms with E-state index in [-0.39, 0.29) is 11.3 Å². The lowest BCUT2D eigenvalue weighted by atomic mass is 9.86. The van der Waals surface area contributed by atoms with Gasteiger partial charge in [0, 0.05) is 17.7 Å². The third-order valence-corrected chi connectivity index (χ3v) is 4.75. The van der Waals surface area contributed by atoms with Gasteiger partial charge in [0.05, 0.1) is 18.9 Å². The Morgan fingerprint density at radius 3 is 2.44 bits per heavy atom. The highest BCUT2D eigenvalue weighted by Gasteiger charge is 2.28. The monoisotopic (exact) mass is 339 g/mol. The molecule has 0 bridgehead atoms. The third kappa shape index (κ3) is 3.40. The van der Waals surface area contributed by atoms with Crippen LogP contribution in [0.2, 0.25) is 0 Å². The van der Waals surface area contributed by atoms with Gasteiger partial charge in [-0.25, -0.2) is 0 Å². The largest absolute Gasteiger partial charge is 0.497 e. The fourth-order valence-electron chi connectivity index (χ4n) is 3.18. The van der Waals surface area contributed by atoms with Crippen molar-refractivity contribution in [2.45, 2.75) is 38.7 Å². The Bertz CT molecular complexity index is 775. The Balaban J connectivity index is 1.92. The molecule has 0 aromatic heterocycles. The topological polar surface area (TPSA) is 49.8 Å². The number of aliphatic hydroxyl groups is 1. The molecular weight excluding hydrogens is 314 g/mol. The number of aliphatic hydroxyl groups excluding tert-OH is 1. The number of fused-ring (bicyclic) bond motifs is 1. The Morgan fingerprint density at radius 1 is 1.16 bits per heavy atom. The van der Waals surface area contributed by atoms with Gasteiger partial charge in [0.15, 0.2) is 0 Å². The fraction of sp³-hybridized carbons (Fsp3) is 0.381. The molecule has 4 nitrogen and oxygen atoms in total. The number of rotatable bonds is 2. The van der Waals surface area contributed by atoms with Crippen LogP contribution in [0.3, 0.4) is 0 Å². The molecule has 4 heteroatoms. The number of anilines is 1. The molecule has 0 radical (unpaired) electrons. The maximum atomic E-state index is 13.0. The van der Waals surface area contributed by atoms with E-state index in [1.807, 2.05) is 42.5 Å². The average Bonchev–Trinajstić information content (AvgIpc) is 2.61. The number of carbonyl (C=O) groups excluding carboxylic acids is 1. The van der Waals surface area contributed by atoms with E-state index in [1.165, 1.54) is 5.56 Å². The summed E-state index contributed by atoms with van der Waals surface area (Å²) in [6, 6.07) is 13.3. The fourth-order valence-corrected chi connectivity index (χ4v) is 3.18. The van der Waals surface area contributed by atoms with E-state index >= 15 is 0 Å². The van der Waals surface area contributed by atoms with Gasteiger partial charge >= 0.3 is 0 Å². The Kier molecular flexibility index (Phi) is 4.56. The van der Waals surface area contributed by atoms with Crippen LogP contribution in [0.15, 0.2) is 42.5 Å². The molecule has 1 N–H and O–H groups in total. The zero-order valence-electron chi connectivity index (χ0n) is 15.2. The summed E-state index contributed by atoms with van der Waals surface area (Å²) in [5, 5.41) is 10.3. The van der Waals surface area contributed by atoms with Gasteiger partial charge < -0.3 is 14.7 Å². The summed E-state index contributed by atoms with van der Waals surface area (Å²) in [4.78, 5) is 14.7. The first-order chi connectivity index (χ1) is 11.8. The second-order valence-electron chi connectivity index (χ2n) is 7.51. The van der Waals surface area contributed by atoms with E-state index in [0.29, 0.717) is 24.3 Å². The van der Waals surface area contributed by atoms with E-state index in [4.69, 9.17) is 4.74 Å². The van der Waals surface area contributed by atoms with Gasteiger partial charge in [-0.3, -0.25) is 4.79 Å². The Morgan fingerprint density at radius 2 is 1.84 bits per heavy atom. The first kappa shape index (κ1) is 17.5. The molecule has 1 aliphatic rings. The van der Waals surface area contributed by atoms with E-state index in [1.54, 1.807) is 12.0 Å². The molecule has 2 aromatic carbocycles. The van der Waals surface area contributed by atoms with Crippen molar-refractivity contribution in [2.24, 2.45) is 0 Å². The molecule has 3 rings (SSSR count). The van der Waals surface area contributed by atoms with Crippen molar-refractivity contribution < 1.29 is 14.6 Å². The number of benzene rings is 2. The molecule has 1 atom stereocenters. The standard InChI is InChI=1S/C21H25NO3/c1-21(2,3)15-7-5-14(6-8-15)20(24)22-12-11-19(23)17-13-16(25-4)9-10-18(17)22/h5-10,13,19,23H,11-12H2,1-4H3. The van der Waals surface area contributed by atoms with Crippen molar-refractivity contribution in [2.75, 3.05) is 18.6 Å². The smallest absolute Gasteiger partial charge is 0.258 e. The van der Waals surface area contributed by atoms with Crippen LogP contribution < -0.4 is 9.64 Å². The normalized spacial score (nSPS) is 17.2. The van der Waals surface area contributed by atoms with Gasteiger partial charge in [0.25, 0.3) is 5.91 Å². The molecule has 1 aliphatic heterocycles. The van der Waals surface area contributed by atoms with Gasteiger partial charge in [0.2, 0.25) is 0 Å². The van der Waals surface area contributed by atoms with Gasteiger partial charge in [0.1, 0.15) is 5.75 Å². The van der Waals surface area contributed by atoms with Crippen molar-refractivity contribution in [3.63, 3.8) is 0 Å². The number of ether oxygens (including phenoxy) is 1. The summed E-state index contributed by atoms with van der Waals surface area (Å²) in [6.07, 6.45) is -0.0520. The second-order valence-corrected chi connectivity index (χ2v) is 7.51. The number of hydrogen-bond acceptors (Lipinski definition) is 3. The Labute approximate surface area is 149 Å². The van der Waals surface area contributed by atoms with Crippen molar-refractivity contribution in [1.82, 2.24) is 0 Å². The van der Waals surface area contributed by atoms with Crippen LogP contribution in [0, 0.1) is 0 Å². The minimum Gasteiger partial charge on any atom is -0.497 e. The predicted molar refractivity (Wildman–Crippen MR) is 99.4 cm³/mol. The second kappa shape index (κ2) is 6.52. The van der Waals surface area contributed by atoms with Gasteiger partial charge in [-0.05, 0) is 47.7 Å². The molecule has 1 amide bonds. The molecule has 0 fully saturated rings. The summed E-state index contributed by atoms with van der Waals surface area (Å²) in [7, 11) is 1.59. The summed E-state index contributed by atoms with van der Waals surface area (Å²) < 4.78 is 5.24. The molecule has 0 saturated heterocycles. The SMILES string of the molecule is COc1ccc2c(c1)C(O)CCN2C(=O)c1ccc(C(C)(C)C)cc1. The van der Waals surface area contributed by atoms with Crippen LogP contribution >= 0.6 is 0 Å². The van der Waals surface area contributed by atoms with E-state index in [0.717, 1.165) is 11.3 Å². The van der Waals surface area contributed by atoms with Crippen molar-refractivity contribution in [3.05, 3.63) is 59.2 Å². The number of carbonyl (C=O) groups is 1. The molecular formula is C21H25NO3.